The molecule has 0 saturated heterocycles. The van der Waals surface area contributed by atoms with Crippen molar-refractivity contribution in [1.29, 1.82) is 0 Å². The Morgan fingerprint density at radius 3 is 2.87 bits per heavy atom. The second kappa shape index (κ2) is 5.80. The van der Waals surface area contributed by atoms with Crippen LogP contribution in [0.5, 0.6) is 0 Å². The third-order valence-electron chi connectivity index (χ3n) is 2.12. The molecule has 1 aromatic rings. The fourth-order valence-corrected chi connectivity index (χ4v) is 1.43. The Bertz CT molecular complexity index is 285. The number of alkyl halides is 1. The number of halogens is 1. The maximum absolute atomic E-state index is 13.3. The first-order chi connectivity index (χ1) is 7.13. The highest BCUT2D eigenvalue weighted by atomic mass is 19.1. The van der Waals surface area contributed by atoms with Gasteiger partial charge in [0.15, 0.2) is 0 Å². The Labute approximate surface area is 89.7 Å². The lowest BCUT2D eigenvalue weighted by atomic mass is 10.2. The maximum Gasteiger partial charge on any atom is 0.138 e. The van der Waals surface area contributed by atoms with Crippen molar-refractivity contribution in [3.63, 3.8) is 0 Å². The third-order valence-corrected chi connectivity index (χ3v) is 2.12. The Hall–Kier alpha value is -0.970. The van der Waals surface area contributed by atoms with Gasteiger partial charge in [-0.1, -0.05) is 13.8 Å². The van der Waals surface area contributed by atoms with Gasteiger partial charge in [0.1, 0.15) is 18.3 Å². The zero-order chi connectivity index (χ0) is 11.3. The first-order valence-corrected chi connectivity index (χ1v) is 5.34. The molecule has 1 rings (SSSR count). The van der Waals surface area contributed by atoms with E-state index in [0.29, 0.717) is 31.1 Å². The van der Waals surface area contributed by atoms with Gasteiger partial charge in [-0.25, -0.2) is 14.1 Å². The van der Waals surface area contributed by atoms with Crippen LogP contribution in [0.3, 0.4) is 0 Å². The second-order valence-electron chi connectivity index (χ2n) is 4.13. The minimum atomic E-state index is -0.912. The summed E-state index contributed by atoms with van der Waals surface area (Å²) in [4.78, 5) is 4.06. The minimum Gasteiger partial charge on any atom is -0.330 e. The Morgan fingerprint density at radius 1 is 1.53 bits per heavy atom. The zero-order valence-corrected chi connectivity index (χ0v) is 9.36. The van der Waals surface area contributed by atoms with Gasteiger partial charge in [-0.05, 0) is 18.9 Å². The van der Waals surface area contributed by atoms with Crippen LogP contribution in [0, 0.1) is 5.92 Å². The van der Waals surface area contributed by atoms with Gasteiger partial charge in [0, 0.05) is 13.0 Å². The lowest BCUT2D eigenvalue weighted by Crippen LogP contribution is -2.17. The van der Waals surface area contributed by atoms with Crippen LogP contribution in [0.4, 0.5) is 4.39 Å². The van der Waals surface area contributed by atoms with Gasteiger partial charge in [-0.2, -0.15) is 5.10 Å². The molecule has 0 aliphatic carbocycles. The van der Waals surface area contributed by atoms with Gasteiger partial charge in [0.2, 0.25) is 0 Å². The van der Waals surface area contributed by atoms with Crippen molar-refractivity contribution in [1.82, 2.24) is 14.8 Å². The summed E-state index contributed by atoms with van der Waals surface area (Å²) in [6.07, 6.45) is 1.26. The highest BCUT2D eigenvalue weighted by molar-refractivity contribution is 4.88. The quantitative estimate of drug-likeness (QED) is 0.773. The summed E-state index contributed by atoms with van der Waals surface area (Å²) < 4.78 is 15.1. The molecule has 86 valence electrons. The van der Waals surface area contributed by atoms with Crippen molar-refractivity contribution in [3.05, 3.63) is 12.2 Å². The molecule has 0 amide bonds. The first-order valence-electron chi connectivity index (χ1n) is 5.34. The van der Waals surface area contributed by atoms with E-state index in [-0.39, 0.29) is 0 Å². The maximum atomic E-state index is 13.3. The molecule has 5 heteroatoms. The molecule has 4 nitrogen and oxygen atoms in total. The van der Waals surface area contributed by atoms with Crippen LogP contribution in [0.15, 0.2) is 6.33 Å². The number of hydrogen-bond acceptors (Lipinski definition) is 3. The van der Waals surface area contributed by atoms with Crippen molar-refractivity contribution in [2.75, 3.05) is 6.54 Å². The van der Waals surface area contributed by atoms with E-state index in [4.69, 9.17) is 5.73 Å². The summed E-state index contributed by atoms with van der Waals surface area (Å²) in [5.74, 6) is 1.20. The summed E-state index contributed by atoms with van der Waals surface area (Å²) in [5, 5.41) is 4.08. The molecular formula is C10H19FN4. The molecule has 1 heterocycles. The molecule has 0 spiro atoms. The van der Waals surface area contributed by atoms with Crippen molar-refractivity contribution in [2.24, 2.45) is 11.7 Å². The highest BCUT2D eigenvalue weighted by Crippen LogP contribution is 2.07. The van der Waals surface area contributed by atoms with E-state index in [0.717, 1.165) is 6.54 Å². The molecule has 0 saturated carbocycles. The van der Waals surface area contributed by atoms with Crippen LogP contribution in [0.1, 0.15) is 26.1 Å². The van der Waals surface area contributed by atoms with Gasteiger partial charge in [0.05, 0.1) is 0 Å². The van der Waals surface area contributed by atoms with Crippen LogP contribution < -0.4 is 5.73 Å². The molecule has 15 heavy (non-hydrogen) atoms. The SMILES string of the molecule is CC(C)Cn1ncnc1CC(F)CCN. The molecule has 0 bridgehead atoms. The van der Waals surface area contributed by atoms with E-state index in [1.165, 1.54) is 6.33 Å². The Kier molecular flexibility index (Phi) is 4.68. The van der Waals surface area contributed by atoms with E-state index in [1.807, 2.05) is 0 Å². The number of nitrogens with zero attached hydrogens (tertiary/aromatic N) is 3. The molecule has 1 unspecified atom stereocenters. The predicted octanol–water partition coefficient (Wildman–Crippen LogP) is 1.16. The summed E-state index contributed by atoms with van der Waals surface area (Å²) in [6, 6.07) is 0. The Balaban J connectivity index is 2.56. The molecular weight excluding hydrogens is 195 g/mol. The van der Waals surface area contributed by atoms with E-state index in [2.05, 4.69) is 23.9 Å². The number of rotatable bonds is 6. The van der Waals surface area contributed by atoms with Gasteiger partial charge < -0.3 is 5.73 Å². The van der Waals surface area contributed by atoms with Crippen LogP contribution in [0.2, 0.25) is 0 Å². The lowest BCUT2D eigenvalue weighted by molar-refractivity contribution is 0.305. The third kappa shape index (κ3) is 3.95. The number of hydrogen-bond donors (Lipinski definition) is 1. The topological polar surface area (TPSA) is 56.7 Å². The van der Waals surface area contributed by atoms with Crippen molar-refractivity contribution in [3.8, 4) is 0 Å². The van der Waals surface area contributed by atoms with E-state index >= 15 is 0 Å². The molecule has 2 N–H and O–H groups in total. The first kappa shape index (κ1) is 12.1. The fourth-order valence-electron chi connectivity index (χ4n) is 1.43. The van der Waals surface area contributed by atoms with Crippen molar-refractivity contribution < 1.29 is 4.39 Å². The van der Waals surface area contributed by atoms with E-state index in [1.54, 1.807) is 4.68 Å². The summed E-state index contributed by atoms with van der Waals surface area (Å²) in [6.45, 7) is 5.35. The standard InChI is InChI=1S/C10H19FN4/c1-8(2)6-15-10(13-7-14-15)5-9(11)3-4-12/h7-9H,3-6,12H2,1-2H3. The van der Waals surface area contributed by atoms with Crippen LogP contribution >= 0.6 is 0 Å². The summed E-state index contributed by atoms with van der Waals surface area (Å²) in [7, 11) is 0. The molecule has 1 atom stereocenters. The van der Waals surface area contributed by atoms with Crippen LogP contribution in [0.25, 0.3) is 0 Å². The Morgan fingerprint density at radius 2 is 2.27 bits per heavy atom. The molecule has 1 aromatic heterocycles. The number of aromatic nitrogens is 3. The summed E-state index contributed by atoms with van der Waals surface area (Å²) >= 11 is 0. The van der Waals surface area contributed by atoms with Gasteiger partial charge in [0.25, 0.3) is 0 Å². The largest absolute Gasteiger partial charge is 0.330 e. The minimum absolute atomic E-state index is 0.309. The molecule has 0 radical (unpaired) electrons. The molecule has 0 fully saturated rings. The van der Waals surface area contributed by atoms with Gasteiger partial charge in [-0.3, -0.25) is 0 Å². The molecule has 0 aromatic carbocycles. The van der Waals surface area contributed by atoms with Crippen LogP contribution in [-0.2, 0) is 13.0 Å². The van der Waals surface area contributed by atoms with Gasteiger partial charge in [-0.15, -0.1) is 0 Å². The number of nitrogens with two attached hydrogens (primary N) is 1. The monoisotopic (exact) mass is 214 g/mol. The van der Waals surface area contributed by atoms with E-state index < -0.39 is 6.17 Å². The average molecular weight is 214 g/mol. The smallest absolute Gasteiger partial charge is 0.138 e. The fraction of sp³-hybridized carbons (Fsp3) is 0.800. The van der Waals surface area contributed by atoms with E-state index in [9.17, 15) is 4.39 Å². The summed E-state index contributed by atoms with van der Waals surface area (Å²) in [5.41, 5.74) is 5.29. The highest BCUT2D eigenvalue weighted by Gasteiger charge is 2.12. The zero-order valence-electron chi connectivity index (χ0n) is 9.36. The van der Waals surface area contributed by atoms with Crippen LogP contribution in [-0.4, -0.2) is 27.5 Å². The second-order valence-corrected chi connectivity index (χ2v) is 4.13. The normalized spacial score (nSPS) is 13.4. The molecule has 0 aliphatic rings. The molecule has 0 aliphatic heterocycles. The lowest BCUT2D eigenvalue weighted by Gasteiger charge is -2.10. The van der Waals surface area contributed by atoms with Gasteiger partial charge >= 0.3 is 0 Å². The average Bonchev–Trinajstić information content (AvgIpc) is 2.52. The van der Waals surface area contributed by atoms with Crippen molar-refractivity contribution >= 4 is 0 Å². The van der Waals surface area contributed by atoms with Crippen molar-refractivity contribution in [2.45, 2.75) is 39.4 Å². The predicted molar refractivity (Wildman–Crippen MR) is 57.1 cm³/mol.